The topological polar surface area (TPSA) is 58.6 Å². The molecule has 0 aliphatic rings. The van der Waals surface area contributed by atoms with E-state index in [0.717, 1.165) is 11.1 Å². The highest BCUT2D eigenvalue weighted by molar-refractivity contribution is 6.30. The number of alkyl carbamates (subject to hydrolysis) is 1. The first-order valence-corrected chi connectivity index (χ1v) is 8.30. The van der Waals surface area contributed by atoms with Crippen molar-refractivity contribution in [2.45, 2.75) is 26.1 Å². The molecule has 2 aromatic carbocycles. The van der Waals surface area contributed by atoms with E-state index < -0.39 is 12.1 Å². The van der Waals surface area contributed by atoms with E-state index >= 15 is 0 Å². The minimum absolute atomic E-state index is 0.161. The molecule has 0 unspecified atom stereocenters. The van der Waals surface area contributed by atoms with Gasteiger partial charge < -0.3 is 15.0 Å². The van der Waals surface area contributed by atoms with Crippen molar-refractivity contribution in [1.29, 1.82) is 0 Å². The number of nitrogens with zero attached hydrogens (tertiary/aromatic N) is 1. The third-order valence-electron chi connectivity index (χ3n) is 3.63. The van der Waals surface area contributed by atoms with Gasteiger partial charge in [-0.25, -0.2) is 4.79 Å². The summed E-state index contributed by atoms with van der Waals surface area (Å²) < 4.78 is 5.12. The van der Waals surface area contributed by atoms with E-state index in [2.05, 4.69) is 5.32 Å². The van der Waals surface area contributed by atoms with Gasteiger partial charge in [-0.2, -0.15) is 0 Å². The molecule has 6 heteroatoms. The van der Waals surface area contributed by atoms with Crippen LogP contribution in [0.4, 0.5) is 4.79 Å². The van der Waals surface area contributed by atoms with Crippen LogP contribution in [0.15, 0.2) is 54.6 Å². The number of hydrogen-bond donors (Lipinski definition) is 1. The molecule has 0 heterocycles. The molecule has 0 saturated carbocycles. The van der Waals surface area contributed by atoms with E-state index in [1.165, 1.54) is 0 Å². The van der Waals surface area contributed by atoms with Gasteiger partial charge in [-0.15, -0.1) is 0 Å². The van der Waals surface area contributed by atoms with Crippen molar-refractivity contribution in [1.82, 2.24) is 10.2 Å². The molecule has 0 saturated heterocycles. The molecule has 5 nitrogen and oxygen atoms in total. The van der Waals surface area contributed by atoms with Crippen molar-refractivity contribution >= 4 is 23.6 Å². The zero-order valence-corrected chi connectivity index (χ0v) is 15.0. The monoisotopic (exact) mass is 360 g/mol. The van der Waals surface area contributed by atoms with Gasteiger partial charge in [-0.05, 0) is 30.2 Å². The first kappa shape index (κ1) is 18.8. The van der Waals surface area contributed by atoms with Gasteiger partial charge >= 0.3 is 6.09 Å². The van der Waals surface area contributed by atoms with Crippen LogP contribution in [0.3, 0.4) is 0 Å². The van der Waals surface area contributed by atoms with Crippen molar-refractivity contribution in [3.63, 3.8) is 0 Å². The number of benzene rings is 2. The first-order chi connectivity index (χ1) is 12.0. The maximum Gasteiger partial charge on any atom is 0.408 e. The van der Waals surface area contributed by atoms with E-state index in [1.54, 1.807) is 31.0 Å². The molecule has 2 amide bonds. The molecule has 1 atom stereocenters. The summed E-state index contributed by atoms with van der Waals surface area (Å²) in [7, 11) is 1.68. The Hall–Kier alpha value is -2.53. The Kier molecular flexibility index (Phi) is 6.83. The summed E-state index contributed by atoms with van der Waals surface area (Å²) in [5.74, 6) is -0.202. The molecule has 0 bridgehead atoms. The number of hydrogen-bond acceptors (Lipinski definition) is 3. The van der Waals surface area contributed by atoms with Crippen molar-refractivity contribution in [2.24, 2.45) is 0 Å². The van der Waals surface area contributed by atoms with Crippen LogP contribution in [0.2, 0.25) is 5.02 Å². The predicted octanol–water partition coefficient (Wildman–Crippen LogP) is 3.61. The third-order valence-corrected chi connectivity index (χ3v) is 3.88. The summed E-state index contributed by atoms with van der Waals surface area (Å²) in [5, 5.41) is 3.20. The summed E-state index contributed by atoms with van der Waals surface area (Å²) >= 11 is 5.85. The number of amides is 2. The zero-order chi connectivity index (χ0) is 18.2. The fourth-order valence-corrected chi connectivity index (χ4v) is 2.40. The number of ether oxygens (including phenoxy) is 1. The Morgan fingerprint density at radius 3 is 2.36 bits per heavy atom. The van der Waals surface area contributed by atoms with E-state index in [4.69, 9.17) is 16.3 Å². The summed E-state index contributed by atoms with van der Waals surface area (Å²) in [5.41, 5.74) is 1.84. The lowest BCUT2D eigenvalue weighted by Gasteiger charge is -2.22. The van der Waals surface area contributed by atoms with Crippen LogP contribution in [0.5, 0.6) is 0 Å². The van der Waals surface area contributed by atoms with Crippen LogP contribution in [0.1, 0.15) is 18.1 Å². The van der Waals surface area contributed by atoms with Crippen LogP contribution < -0.4 is 5.32 Å². The highest BCUT2D eigenvalue weighted by Gasteiger charge is 2.20. The normalized spacial score (nSPS) is 11.5. The van der Waals surface area contributed by atoms with Crippen molar-refractivity contribution in [3.8, 4) is 0 Å². The van der Waals surface area contributed by atoms with Gasteiger partial charge in [0.2, 0.25) is 5.91 Å². The maximum atomic E-state index is 12.4. The molecule has 0 aliphatic carbocycles. The summed E-state index contributed by atoms with van der Waals surface area (Å²) in [6.45, 7) is 2.22. The lowest BCUT2D eigenvalue weighted by molar-refractivity contribution is -0.132. The lowest BCUT2D eigenvalue weighted by atomic mass is 10.2. The molecule has 2 aromatic rings. The van der Waals surface area contributed by atoms with Gasteiger partial charge in [0.25, 0.3) is 0 Å². The Labute approximate surface area is 152 Å². The molecular formula is C19H21ClN2O3. The van der Waals surface area contributed by atoms with E-state index in [0.29, 0.717) is 11.6 Å². The largest absolute Gasteiger partial charge is 0.445 e. The number of likely N-dealkylation sites (N-methyl/N-ethyl adjacent to an activating group) is 1. The Morgan fingerprint density at radius 1 is 1.08 bits per heavy atom. The van der Waals surface area contributed by atoms with E-state index in [-0.39, 0.29) is 12.5 Å². The van der Waals surface area contributed by atoms with Gasteiger partial charge in [-0.3, -0.25) is 4.79 Å². The second kappa shape index (κ2) is 9.08. The van der Waals surface area contributed by atoms with E-state index in [1.807, 2.05) is 42.5 Å². The number of nitrogens with one attached hydrogen (secondary N) is 1. The molecule has 0 spiro atoms. The highest BCUT2D eigenvalue weighted by Crippen LogP contribution is 2.11. The van der Waals surface area contributed by atoms with Crippen molar-refractivity contribution < 1.29 is 14.3 Å². The average Bonchev–Trinajstić information content (AvgIpc) is 2.62. The Bertz CT molecular complexity index is 704. The van der Waals surface area contributed by atoms with Crippen LogP contribution >= 0.6 is 11.6 Å². The van der Waals surface area contributed by atoms with Gasteiger partial charge in [0.05, 0.1) is 0 Å². The first-order valence-electron chi connectivity index (χ1n) is 7.92. The standard InChI is InChI=1S/C19H21ClN2O3/c1-14(21-19(24)25-13-16-6-4-3-5-7-16)18(23)22(2)12-15-8-10-17(20)11-9-15/h3-11,14H,12-13H2,1-2H3,(H,21,24)/t14-/m1/s1. The third kappa shape index (κ3) is 6.12. The molecule has 25 heavy (non-hydrogen) atoms. The fraction of sp³-hybridized carbons (Fsp3) is 0.263. The van der Waals surface area contributed by atoms with Crippen molar-refractivity contribution in [3.05, 3.63) is 70.7 Å². The molecule has 1 N–H and O–H groups in total. The highest BCUT2D eigenvalue weighted by atomic mass is 35.5. The molecule has 0 aliphatic heterocycles. The second-order valence-electron chi connectivity index (χ2n) is 5.75. The van der Waals surface area contributed by atoms with Gasteiger partial charge in [0.1, 0.15) is 12.6 Å². The van der Waals surface area contributed by atoms with Crippen LogP contribution in [0.25, 0.3) is 0 Å². The molecular weight excluding hydrogens is 340 g/mol. The summed E-state index contributed by atoms with van der Waals surface area (Å²) in [6.07, 6.45) is -0.621. The predicted molar refractivity (Wildman–Crippen MR) is 97.2 cm³/mol. The van der Waals surface area contributed by atoms with Crippen LogP contribution in [-0.2, 0) is 22.7 Å². The molecule has 0 fully saturated rings. The lowest BCUT2D eigenvalue weighted by Crippen LogP contribution is -2.45. The maximum absolute atomic E-state index is 12.4. The van der Waals surface area contributed by atoms with Crippen LogP contribution in [0, 0.1) is 0 Å². The summed E-state index contributed by atoms with van der Waals surface area (Å²) in [6, 6.07) is 15.9. The quantitative estimate of drug-likeness (QED) is 0.856. The number of carbonyl (C=O) groups is 2. The number of halogens is 1. The molecule has 2 rings (SSSR count). The smallest absolute Gasteiger partial charge is 0.408 e. The van der Waals surface area contributed by atoms with Gasteiger partial charge in [0.15, 0.2) is 0 Å². The second-order valence-corrected chi connectivity index (χ2v) is 6.18. The number of rotatable bonds is 6. The zero-order valence-electron chi connectivity index (χ0n) is 14.2. The Balaban J connectivity index is 1.80. The van der Waals surface area contributed by atoms with Gasteiger partial charge in [0, 0.05) is 18.6 Å². The molecule has 132 valence electrons. The molecule has 0 radical (unpaired) electrons. The van der Waals surface area contributed by atoms with Gasteiger partial charge in [-0.1, -0.05) is 54.1 Å². The Morgan fingerprint density at radius 2 is 1.72 bits per heavy atom. The van der Waals surface area contributed by atoms with Crippen LogP contribution in [-0.4, -0.2) is 30.0 Å². The SMILES string of the molecule is C[C@@H](NC(=O)OCc1ccccc1)C(=O)N(C)Cc1ccc(Cl)cc1. The fourth-order valence-electron chi connectivity index (χ4n) is 2.28. The average molecular weight is 361 g/mol. The minimum Gasteiger partial charge on any atom is -0.445 e. The van der Waals surface area contributed by atoms with Crippen molar-refractivity contribution in [2.75, 3.05) is 7.05 Å². The van der Waals surface area contributed by atoms with E-state index in [9.17, 15) is 9.59 Å². The molecule has 0 aromatic heterocycles. The minimum atomic E-state index is -0.680. The summed E-state index contributed by atoms with van der Waals surface area (Å²) in [4.78, 5) is 25.7. The number of carbonyl (C=O) groups excluding carboxylic acids is 2.